The normalized spacial score (nSPS) is 41.1. The summed E-state index contributed by atoms with van der Waals surface area (Å²) in [5.41, 5.74) is 5.69. The van der Waals surface area contributed by atoms with Gasteiger partial charge in [-0.2, -0.15) is 0 Å². The Bertz CT molecular complexity index is 320. The molecule has 4 aliphatic carbocycles. The van der Waals surface area contributed by atoms with Crippen molar-refractivity contribution < 1.29 is 4.79 Å². The summed E-state index contributed by atoms with van der Waals surface area (Å²) in [6.07, 6.45) is 7.85. The van der Waals surface area contributed by atoms with Crippen molar-refractivity contribution in [2.45, 2.75) is 51.0 Å². The number of amides is 2. The number of urea groups is 1. The molecule has 0 aromatic heterocycles. The molecule has 0 radical (unpaired) electrons. The molecule has 4 fully saturated rings. The van der Waals surface area contributed by atoms with Crippen LogP contribution >= 0.6 is 0 Å². The van der Waals surface area contributed by atoms with Gasteiger partial charge in [-0.05, 0) is 68.7 Å². The molecular formula is C15H27N3O. The summed E-state index contributed by atoms with van der Waals surface area (Å²) < 4.78 is 0. The third kappa shape index (κ3) is 2.73. The molecule has 108 valence electrons. The number of rotatable bonds is 4. The first-order chi connectivity index (χ1) is 9.08. The lowest BCUT2D eigenvalue weighted by Gasteiger charge is -2.56. The molecule has 0 aromatic carbocycles. The van der Waals surface area contributed by atoms with Crippen molar-refractivity contribution in [1.82, 2.24) is 10.6 Å². The van der Waals surface area contributed by atoms with E-state index in [1.165, 1.54) is 38.5 Å². The lowest BCUT2D eigenvalue weighted by molar-refractivity contribution is -0.0135. The fourth-order valence-corrected chi connectivity index (χ4v) is 4.90. The molecule has 1 atom stereocenters. The molecule has 4 bridgehead atoms. The summed E-state index contributed by atoms with van der Waals surface area (Å²) in [7, 11) is 0. The number of hydrogen-bond donors (Lipinski definition) is 3. The van der Waals surface area contributed by atoms with Gasteiger partial charge in [0, 0.05) is 12.1 Å². The molecular weight excluding hydrogens is 238 g/mol. The Morgan fingerprint density at radius 3 is 2.21 bits per heavy atom. The molecule has 0 heterocycles. The lowest BCUT2D eigenvalue weighted by atomic mass is 9.53. The molecule has 4 heteroatoms. The van der Waals surface area contributed by atoms with Gasteiger partial charge in [-0.3, -0.25) is 0 Å². The van der Waals surface area contributed by atoms with Gasteiger partial charge < -0.3 is 16.4 Å². The van der Waals surface area contributed by atoms with Crippen LogP contribution in [-0.4, -0.2) is 24.7 Å². The predicted octanol–water partition coefficient (Wildman–Crippen LogP) is 1.85. The van der Waals surface area contributed by atoms with Crippen molar-refractivity contribution in [2.24, 2.45) is 29.4 Å². The molecule has 4 nitrogen and oxygen atoms in total. The largest absolute Gasteiger partial charge is 0.338 e. The van der Waals surface area contributed by atoms with Gasteiger partial charge in [0.15, 0.2) is 0 Å². The molecule has 4 N–H and O–H groups in total. The van der Waals surface area contributed by atoms with E-state index in [0.717, 1.165) is 17.8 Å². The van der Waals surface area contributed by atoms with Crippen LogP contribution in [0.2, 0.25) is 0 Å². The number of carbonyl (C=O) groups excluding carboxylic acids is 1. The van der Waals surface area contributed by atoms with Gasteiger partial charge in [-0.1, -0.05) is 6.92 Å². The van der Waals surface area contributed by atoms with Crippen LogP contribution in [0.15, 0.2) is 0 Å². The van der Waals surface area contributed by atoms with Crippen LogP contribution in [0.5, 0.6) is 0 Å². The third-order valence-electron chi connectivity index (χ3n) is 5.43. The van der Waals surface area contributed by atoms with E-state index in [2.05, 4.69) is 17.6 Å². The monoisotopic (exact) mass is 265 g/mol. The van der Waals surface area contributed by atoms with Crippen LogP contribution in [0.4, 0.5) is 4.79 Å². The zero-order chi connectivity index (χ0) is 13.5. The van der Waals surface area contributed by atoms with Crippen LogP contribution in [0.25, 0.3) is 0 Å². The third-order valence-corrected chi connectivity index (χ3v) is 5.43. The zero-order valence-electron chi connectivity index (χ0n) is 12.0. The second-order valence-corrected chi connectivity index (χ2v) is 7.37. The molecule has 0 aliphatic heterocycles. The zero-order valence-corrected chi connectivity index (χ0v) is 12.0. The minimum atomic E-state index is 0.0160. The maximum absolute atomic E-state index is 12.1. The Balaban J connectivity index is 1.56. The van der Waals surface area contributed by atoms with Crippen molar-refractivity contribution >= 4 is 6.03 Å². The standard InChI is InChI=1S/C15H27N3O/c1-10(8-16)9-17-14(19)18-15-5-11-2-12(6-15)4-13(3-11)7-15/h10-13H,2-9,16H2,1H3,(H2,17,18,19). The first kappa shape index (κ1) is 13.2. The predicted molar refractivity (Wildman–Crippen MR) is 75.7 cm³/mol. The van der Waals surface area contributed by atoms with Gasteiger partial charge in [0.25, 0.3) is 0 Å². The summed E-state index contributed by atoms with van der Waals surface area (Å²) in [6.45, 7) is 3.36. The lowest BCUT2D eigenvalue weighted by Crippen LogP contribution is -2.61. The van der Waals surface area contributed by atoms with Gasteiger partial charge in [0.05, 0.1) is 0 Å². The maximum Gasteiger partial charge on any atom is 0.315 e. The van der Waals surface area contributed by atoms with E-state index >= 15 is 0 Å². The molecule has 0 spiro atoms. The number of carbonyl (C=O) groups is 1. The summed E-state index contributed by atoms with van der Waals surface area (Å²) >= 11 is 0. The van der Waals surface area contributed by atoms with Crippen LogP contribution < -0.4 is 16.4 Å². The summed E-state index contributed by atoms with van der Waals surface area (Å²) in [4.78, 5) is 12.1. The summed E-state index contributed by atoms with van der Waals surface area (Å²) in [5.74, 6) is 2.96. The summed E-state index contributed by atoms with van der Waals surface area (Å²) in [5, 5.41) is 6.29. The second kappa shape index (κ2) is 4.97. The molecule has 1 unspecified atom stereocenters. The van der Waals surface area contributed by atoms with Crippen molar-refractivity contribution in [3.05, 3.63) is 0 Å². The first-order valence-electron chi connectivity index (χ1n) is 7.84. The maximum atomic E-state index is 12.1. The molecule has 2 amide bonds. The van der Waals surface area contributed by atoms with Crippen LogP contribution in [0.1, 0.15) is 45.4 Å². The highest BCUT2D eigenvalue weighted by Gasteiger charge is 2.51. The molecule has 4 rings (SSSR count). The van der Waals surface area contributed by atoms with E-state index in [1.807, 2.05) is 0 Å². The van der Waals surface area contributed by atoms with Crippen molar-refractivity contribution in [3.8, 4) is 0 Å². The van der Waals surface area contributed by atoms with Crippen molar-refractivity contribution in [3.63, 3.8) is 0 Å². The van der Waals surface area contributed by atoms with Crippen LogP contribution in [0.3, 0.4) is 0 Å². The molecule has 4 saturated carbocycles. The van der Waals surface area contributed by atoms with E-state index in [9.17, 15) is 4.79 Å². The van der Waals surface area contributed by atoms with Gasteiger partial charge in [0.1, 0.15) is 0 Å². The molecule has 0 aromatic rings. The Kier molecular flexibility index (Phi) is 3.46. The van der Waals surface area contributed by atoms with Gasteiger partial charge >= 0.3 is 6.03 Å². The van der Waals surface area contributed by atoms with E-state index < -0.39 is 0 Å². The average Bonchev–Trinajstić information content (AvgIpc) is 2.33. The highest BCUT2D eigenvalue weighted by molar-refractivity contribution is 5.74. The van der Waals surface area contributed by atoms with E-state index in [1.54, 1.807) is 0 Å². The fourth-order valence-electron chi connectivity index (χ4n) is 4.90. The Labute approximate surface area is 115 Å². The SMILES string of the molecule is CC(CN)CNC(=O)NC12CC3CC(CC(C3)C1)C2. The van der Waals surface area contributed by atoms with E-state index in [0.29, 0.717) is 19.0 Å². The Morgan fingerprint density at radius 1 is 1.21 bits per heavy atom. The Morgan fingerprint density at radius 2 is 1.74 bits per heavy atom. The fraction of sp³-hybridized carbons (Fsp3) is 0.933. The average molecular weight is 265 g/mol. The van der Waals surface area contributed by atoms with Gasteiger partial charge in [-0.15, -0.1) is 0 Å². The number of nitrogens with one attached hydrogen (secondary N) is 2. The van der Waals surface area contributed by atoms with Crippen molar-refractivity contribution in [1.29, 1.82) is 0 Å². The van der Waals surface area contributed by atoms with Crippen LogP contribution in [-0.2, 0) is 0 Å². The van der Waals surface area contributed by atoms with Gasteiger partial charge in [-0.25, -0.2) is 4.79 Å². The van der Waals surface area contributed by atoms with E-state index in [-0.39, 0.29) is 11.6 Å². The molecule has 19 heavy (non-hydrogen) atoms. The summed E-state index contributed by atoms with van der Waals surface area (Å²) in [6, 6.07) is 0.0160. The second-order valence-electron chi connectivity index (χ2n) is 7.37. The highest BCUT2D eigenvalue weighted by Crippen LogP contribution is 2.55. The smallest absolute Gasteiger partial charge is 0.315 e. The first-order valence-corrected chi connectivity index (χ1v) is 7.84. The molecule has 4 aliphatic rings. The number of nitrogens with two attached hydrogens (primary N) is 1. The highest BCUT2D eigenvalue weighted by atomic mass is 16.2. The molecule has 0 saturated heterocycles. The minimum absolute atomic E-state index is 0.0160. The van der Waals surface area contributed by atoms with Gasteiger partial charge in [0.2, 0.25) is 0 Å². The Hall–Kier alpha value is -0.770. The van der Waals surface area contributed by atoms with E-state index in [4.69, 9.17) is 5.73 Å². The minimum Gasteiger partial charge on any atom is -0.338 e. The van der Waals surface area contributed by atoms with Crippen LogP contribution in [0, 0.1) is 23.7 Å². The topological polar surface area (TPSA) is 67.1 Å². The quantitative estimate of drug-likeness (QED) is 0.726. The van der Waals surface area contributed by atoms with Crippen molar-refractivity contribution in [2.75, 3.05) is 13.1 Å². The number of hydrogen-bond acceptors (Lipinski definition) is 2.